The maximum Gasteiger partial charge on any atom is 0.338 e. The van der Waals surface area contributed by atoms with Crippen LogP contribution in [0.15, 0.2) is 66.7 Å². The van der Waals surface area contributed by atoms with E-state index in [0.29, 0.717) is 11.4 Å². The van der Waals surface area contributed by atoms with Gasteiger partial charge < -0.3 is 10.1 Å². The number of carbonyl (C=O) groups excluding carboxylic acids is 4. The zero-order chi connectivity index (χ0) is 21.8. The number of amides is 3. The summed E-state index contributed by atoms with van der Waals surface area (Å²) in [6.07, 6.45) is 0.280. The first kappa shape index (κ1) is 20.1. The second kappa shape index (κ2) is 8.66. The summed E-state index contributed by atoms with van der Waals surface area (Å²) in [7, 11) is 0. The van der Waals surface area contributed by atoms with Gasteiger partial charge in [-0.1, -0.05) is 36.4 Å². The Balaban J connectivity index is 1.35. The molecule has 2 N–H and O–H groups in total. The van der Waals surface area contributed by atoms with E-state index in [0.717, 1.165) is 15.8 Å². The Labute approximate surface area is 177 Å². The third kappa shape index (κ3) is 4.53. The Morgan fingerprint density at radius 3 is 2.48 bits per heavy atom. The zero-order valence-corrected chi connectivity index (χ0v) is 16.5. The lowest BCUT2D eigenvalue weighted by Crippen LogP contribution is -2.50. The van der Waals surface area contributed by atoms with Crippen molar-refractivity contribution < 1.29 is 23.9 Å². The second-order valence-corrected chi connectivity index (χ2v) is 6.96. The van der Waals surface area contributed by atoms with Gasteiger partial charge in [0.15, 0.2) is 6.61 Å². The van der Waals surface area contributed by atoms with Crippen LogP contribution in [0.25, 0.3) is 10.8 Å². The molecule has 1 aliphatic rings. The van der Waals surface area contributed by atoms with Crippen LogP contribution in [0.5, 0.6) is 0 Å². The van der Waals surface area contributed by atoms with Crippen LogP contribution in [0.3, 0.4) is 0 Å². The van der Waals surface area contributed by atoms with E-state index in [1.807, 2.05) is 36.4 Å². The molecule has 4 rings (SSSR count). The molecule has 0 bridgehead atoms. The van der Waals surface area contributed by atoms with Gasteiger partial charge in [-0.15, -0.1) is 0 Å². The van der Waals surface area contributed by atoms with Crippen molar-refractivity contribution in [2.24, 2.45) is 0 Å². The van der Waals surface area contributed by atoms with E-state index in [9.17, 15) is 19.2 Å². The number of anilines is 2. The van der Waals surface area contributed by atoms with Gasteiger partial charge in [0.2, 0.25) is 11.8 Å². The van der Waals surface area contributed by atoms with Crippen molar-refractivity contribution >= 4 is 45.8 Å². The molecule has 1 heterocycles. The third-order valence-corrected chi connectivity index (χ3v) is 4.81. The van der Waals surface area contributed by atoms with Gasteiger partial charge in [0, 0.05) is 23.9 Å². The Hall–Kier alpha value is -4.20. The smallest absolute Gasteiger partial charge is 0.338 e. The average Bonchev–Trinajstić information content (AvgIpc) is 2.79. The number of ether oxygens (including phenoxy) is 1. The minimum Gasteiger partial charge on any atom is -0.452 e. The maximum absolute atomic E-state index is 12.3. The Kier molecular flexibility index (Phi) is 5.61. The van der Waals surface area contributed by atoms with Crippen LogP contribution >= 0.6 is 0 Å². The maximum atomic E-state index is 12.3. The molecule has 0 aliphatic carbocycles. The average molecular weight is 417 g/mol. The minimum absolute atomic E-state index is 0.126. The van der Waals surface area contributed by atoms with Crippen LogP contribution in [-0.2, 0) is 19.1 Å². The summed E-state index contributed by atoms with van der Waals surface area (Å²) in [5, 5.41) is 5.78. The molecule has 1 aliphatic heterocycles. The molecule has 0 spiro atoms. The lowest BCUT2D eigenvalue weighted by atomic mass is 10.1. The summed E-state index contributed by atoms with van der Waals surface area (Å²) in [6.45, 7) is -0.440. The van der Waals surface area contributed by atoms with E-state index in [4.69, 9.17) is 4.74 Å². The van der Waals surface area contributed by atoms with Gasteiger partial charge in [-0.25, -0.2) is 9.80 Å². The second-order valence-electron chi connectivity index (χ2n) is 6.96. The number of hydrogen-bond donors (Lipinski definition) is 2. The number of hydrogen-bond acceptors (Lipinski definition) is 5. The largest absolute Gasteiger partial charge is 0.452 e. The zero-order valence-electron chi connectivity index (χ0n) is 16.5. The highest BCUT2D eigenvalue weighted by atomic mass is 16.5. The fourth-order valence-corrected chi connectivity index (χ4v) is 3.27. The van der Waals surface area contributed by atoms with Gasteiger partial charge in [0.25, 0.3) is 5.91 Å². The van der Waals surface area contributed by atoms with E-state index in [1.165, 1.54) is 24.3 Å². The van der Waals surface area contributed by atoms with Crippen molar-refractivity contribution in [2.75, 3.05) is 16.9 Å². The molecule has 31 heavy (non-hydrogen) atoms. The highest BCUT2D eigenvalue weighted by molar-refractivity contribution is 6.04. The van der Waals surface area contributed by atoms with E-state index in [-0.39, 0.29) is 30.2 Å². The fourth-order valence-electron chi connectivity index (χ4n) is 3.27. The van der Waals surface area contributed by atoms with Crippen LogP contribution in [-0.4, -0.2) is 30.3 Å². The van der Waals surface area contributed by atoms with E-state index in [1.54, 1.807) is 6.07 Å². The van der Waals surface area contributed by atoms with E-state index >= 15 is 0 Å². The van der Waals surface area contributed by atoms with Crippen LogP contribution in [0.4, 0.5) is 11.4 Å². The number of fused-ring (bicyclic) bond motifs is 1. The first-order valence-corrected chi connectivity index (χ1v) is 9.68. The highest BCUT2D eigenvalue weighted by Gasteiger charge is 2.24. The van der Waals surface area contributed by atoms with Crippen molar-refractivity contribution in [1.29, 1.82) is 0 Å². The van der Waals surface area contributed by atoms with Gasteiger partial charge in [0.1, 0.15) is 0 Å². The summed E-state index contributed by atoms with van der Waals surface area (Å²) in [5.74, 6) is -1.61. The lowest BCUT2D eigenvalue weighted by molar-refractivity contribution is -0.130. The number of carbonyl (C=O) groups is 4. The Bertz CT molecular complexity index is 1170. The van der Waals surface area contributed by atoms with Crippen molar-refractivity contribution in [2.45, 2.75) is 12.8 Å². The molecular formula is C23H19N3O5. The number of benzene rings is 3. The molecule has 156 valence electrons. The lowest BCUT2D eigenvalue weighted by Gasteiger charge is -2.27. The Morgan fingerprint density at radius 2 is 1.68 bits per heavy atom. The highest BCUT2D eigenvalue weighted by Crippen LogP contribution is 2.23. The molecule has 3 aromatic carbocycles. The SMILES string of the molecule is O=C(COC(=O)c1ccc(N2NC(=O)CCC2=O)cc1)Nc1cccc2ccccc12. The number of hydrazine groups is 1. The van der Waals surface area contributed by atoms with Gasteiger partial charge in [-0.3, -0.25) is 19.8 Å². The molecule has 1 fully saturated rings. The molecule has 8 heteroatoms. The molecule has 0 unspecified atom stereocenters. The number of nitrogens with zero attached hydrogens (tertiary/aromatic N) is 1. The third-order valence-electron chi connectivity index (χ3n) is 4.81. The molecule has 1 saturated heterocycles. The predicted octanol–water partition coefficient (Wildman–Crippen LogP) is 2.79. The van der Waals surface area contributed by atoms with Gasteiger partial charge in [-0.2, -0.15) is 0 Å². The monoisotopic (exact) mass is 417 g/mol. The molecule has 0 atom stereocenters. The van der Waals surface area contributed by atoms with Crippen LogP contribution in [0.1, 0.15) is 23.2 Å². The molecule has 0 radical (unpaired) electrons. The normalized spacial score (nSPS) is 13.6. The van der Waals surface area contributed by atoms with Crippen LogP contribution in [0.2, 0.25) is 0 Å². The molecule has 3 aromatic rings. The number of esters is 1. The molecule has 0 saturated carbocycles. The van der Waals surface area contributed by atoms with Crippen molar-refractivity contribution in [3.63, 3.8) is 0 Å². The Morgan fingerprint density at radius 1 is 0.935 bits per heavy atom. The van der Waals surface area contributed by atoms with Crippen molar-refractivity contribution in [3.05, 3.63) is 72.3 Å². The number of rotatable bonds is 5. The van der Waals surface area contributed by atoms with Gasteiger partial charge in [0.05, 0.1) is 11.3 Å². The van der Waals surface area contributed by atoms with E-state index in [2.05, 4.69) is 10.7 Å². The topological polar surface area (TPSA) is 105 Å². The van der Waals surface area contributed by atoms with Crippen LogP contribution < -0.4 is 15.8 Å². The van der Waals surface area contributed by atoms with Crippen molar-refractivity contribution in [3.8, 4) is 0 Å². The summed E-state index contributed by atoms with van der Waals surface area (Å²) < 4.78 is 5.10. The van der Waals surface area contributed by atoms with Crippen LogP contribution in [0, 0.1) is 0 Å². The molecular weight excluding hydrogens is 398 g/mol. The summed E-state index contributed by atoms with van der Waals surface area (Å²) in [4.78, 5) is 48.0. The number of nitrogens with one attached hydrogen (secondary N) is 2. The fraction of sp³-hybridized carbons (Fsp3) is 0.130. The summed E-state index contributed by atoms with van der Waals surface area (Å²) >= 11 is 0. The summed E-state index contributed by atoms with van der Waals surface area (Å²) in [6, 6.07) is 19.2. The van der Waals surface area contributed by atoms with Gasteiger partial charge in [-0.05, 0) is 35.7 Å². The molecule has 3 amide bonds. The van der Waals surface area contributed by atoms with E-state index < -0.39 is 18.5 Å². The first-order valence-electron chi connectivity index (χ1n) is 9.68. The summed E-state index contributed by atoms with van der Waals surface area (Å²) in [5.41, 5.74) is 3.77. The first-order chi connectivity index (χ1) is 15.0. The standard InChI is InChI=1S/C23H19N3O5/c27-20-12-13-22(29)26(25-20)17-10-8-16(9-11-17)23(30)31-14-21(28)24-19-7-3-5-15-4-1-2-6-18(15)19/h1-11H,12-14H2,(H,24,28)(H,25,27). The van der Waals surface area contributed by atoms with Crippen molar-refractivity contribution in [1.82, 2.24) is 5.43 Å². The van der Waals surface area contributed by atoms with Gasteiger partial charge >= 0.3 is 5.97 Å². The quantitative estimate of drug-likeness (QED) is 0.621. The molecule has 0 aromatic heterocycles. The molecule has 8 nitrogen and oxygen atoms in total. The predicted molar refractivity (Wildman–Crippen MR) is 114 cm³/mol. The minimum atomic E-state index is -0.673.